The standard InChI is InChI=1S/C12H18N6O/c1-9-14-12(16-15-9)10-7-18(5-6-19-10)8-11-13-3-4-17(11)2/h3-4,10H,5-8H2,1-2H3,(H,14,15,16)/t10-/m0/s1. The first-order valence-corrected chi connectivity index (χ1v) is 6.41. The summed E-state index contributed by atoms with van der Waals surface area (Å²) in [5.74, 6) is 2.62. The van der Waals surface area contributed by atoms with Crippen molar-refractivity contribution in [1.82, 2.24) is 29.6 Å². The van der Waals surface area contributed by atoms with Crippen LogP contribution in [0.1, 0.15) is 23.6 Å². The zero-order chi connectivity index (χ0) is 13.2. The van der Waals surface area contributed by atoms with Crippen LogP contribution >= 0.6 is 0 Å². The number of rotatable bonds is 3. The molecule has 0 aliphatic carbocycles. The van der Waals surface area contributed by atoms with Crippen molar-refractivity contribution in [3.8, 4) is 0 Å². The van der Waals surface area contributed by atoms with Crippen LogP contribution in [0.3, 0.4) is 0 Å². The average Bonchev–Trinajstić information content (AvgIpc) is 3.00. The summed E-state index contributed by atoms with van der Waals surface area (Å²) in [6.45, 7) is 5.12. The molecule has 0 unspecified atom stereocenters. The molecule has 1 aliphatic rings. The number of hydrogen-bond acceptors (Lipinski definition) is 5. The van der Waals surface area contributed by atoms with E-state index < -0.39 is 0 Å². The van der Waals surface area contributed by atoms with Crippen LogP contribution in [0.5, 0.6) is 0 Å². The third kappa shape index (κ3) is 2.66. The van der Waals surface area contributed by atoms with Crippen LogP contribution in [-0.2, 0) is 18.3 Å². The Hall–Kier alpha value is -1.73. The molecule has 1 saturated heterocycles. The number of aromatic amines is 1. The third-order valence-electron chi connectivity index (χ3n) is 3.34. The number of aromatic nitrogens is 5. The minimum Gasteiger partial charge on any atom is -0.367 e. The summed E-state index contributed by atoms with van der Waals surface area (Å²) in [5, 5.41) is 7.04. The molecule has 0 amide bonds. The van der Waals surface area contributed by atoms with E-state index in [0.717, 1.165) is 37.1 Å². The number of nitrogens with zero attached hydrogens (tertiary/aromatic N) is 5. The second-order valence-corrected chi connectivity index (χ2v) is 4.83. The van der Waals surface area contributed by atoms with Crippen molar-refractivity contribution in [2.45, 2.75) is 19.6 Å². The summed E-state index contributed by atoms with van der Waals surface area (Å²) in [7, 11) is 2.01. The minimum atomic E-state index is -0.0565. The first kappa shape index (κ1) is 12.3. The minimum absolute atomic E-state index is 0.0565. The van der Waals surface area contributed by atoms with Gasteiger partial charge in [-0.15, -0.1) is 0 Å². The second-order valence-electron chi connectivity index (χ2n) is 4.83. The Kier molecular flexibility index (Phi) is 3.31. The van der Waals surface area contributed by atoms with Gasteiger partial charge in [0.15, 0.2) is 5.82 Å². The van der Waals surface area contributed by atoms with E-state index in [1.807, 2.05) is 30.9 Å². The van der Waals surface area contributed by atoms with Gasteiger partial charge in [-0.1, -0.05) is 0 Å². The maximum absolute atomic E-state index is 5.74. The molecular weight excluding hydrogens is 244 g/mol. The highest BCUT2D eigenvalue weighted by molar-refractivity contribution is 4.97. The van der Waals surface area contributed by atoms with Crippen molar-refractivity contribution >= 4 is 0 Å². The Morgan fingerprint density at radius 2 is 2.42 bits per heavy atom. The molecule has 1 fully saturated rings. The van der Waals surface area contributed by atoms with Gasteiger partial charge in [0.25, 0.3) is 0 Å². The second kappa shape index (κ2) is 5.10. The summed E-state index contributed by atoms with van der Waals surface area (Å²) in [5.41, 5.74) is 0. The lowest BCUT2D eigenvalue weighted by Crippen LogP contribution is -2.38. The lowest BCUT2D eigenvalue weighted by Gasteiger charge is -2.31. The van der Waals surface area contributed by atoms with Crippen molar-refractivity contribution in [3.63, 3.8) is 0 Å². The van der Waals surface area contributed by atoms with E-state index in [9.17, 15) is 0 Å². The molecule has 2 aromatic heterocycles. The van der Waals surface area contributed by atoms with Gasteiger partial charge in [-0.05, 0) is 6.92 Å². The summed E-state index contributed by atoms with van der Waals surface area (Å²) in [6.07, 6.45) is 3.73. The normalized spacial score (nSPS) is 20.8. The first-order valence-electron chi connectivity index (χ1n) is 6.41. The van der Waals surface area contributed by atoms with E-state index in [4.69, 9.17) is 4.74 Å². The summed E-state index contributed by atoms with van der Waals surface area (Å²) >= 11 is 0. The van der Waals surface area contributed by atoms with Gasteiger partial charge in [-0.25, -0.2) is 9.97 Å². The number of hydrogen-bond donors (Lipinski definition) is 1. The Bertz CT molecular complexity index is 548. The molecule has 7 heteroatoms. The topological polar surface area (TPSA) is 71.9 Å². The number of imidazole rings is 1. The molecule has 3 heterocycles. The molecule has 3 rings (SSSR count). The Morgan fingerprint density at radius 3 is 3.11 bits per heavy atom. The maximum Gasteiger partial charge on any atom is 0.180 e. The van der Waals surface area contributed by atoms with Gasteiger partial charge >= 0.3 is 0 Å². The van der Waals surface area contributed by atoms with Gasteiger partial charge in [0.05, 0.1) is 13.2 Å². The van der Waals surface area contributed by atoms with Crippen molar-refractivity contribution in [3.05, 3.63) is 29.9 Å². The number of nitrogens with one attached hydrogen (secondary N) is 1. The lowest BCUT2D eigenvalue weighted by atomic mass is 10.2. The molecule has 19 heavy (non-hydrogen) atoms. The van der Waals surface area contributed by atoms with Crippen molar-refractivity contribution in [2.75, 3.05) is 19.7 Å². The van der Waals surface area contributed by atoms with Crippen LogP contribution in [0.25, 0.3) is 0 Å². The molecule has 1 atom stereocenters. The highest BCUT2D eigenvalue weighted by Gasteiger charge is 2.25. The molecule has 0 saturated carbocycles. The van der Waals surface area contributed by atoms with E-state index in [2.05, 4.69) is 25.1 Å². The number of H-pyrrole nitrogens is 1. The quantitative estimate of drug-likeness (QED) is 0.868. The molecule has 102 valence electrons. The molecule has 0 bridgehead atoms. The zero-order valence-corrected chi connectivity index (χ0v) is 11.2. The van der Waals surface area contributed by atoms with Crippen LogP contribution in [0, 0.1) is 6.92 Å². The predicted molar refractivity (Wildman–Crippen MR) is 68.3 cm³/mol. The SMILES string of the molecule is Cc1nc([C@@H]2CN(Cc3nccn3C)CCO2)n[nH]1. The van der Waals surface area contributed by atoms with E-state index in [1.54, 1.807) is 0 Å². The predicted octanol–water partition coefficient (Wildman–Crippen LogP) is 0.420. The van der Waals surface area contributed by atoms with Crippen LogP contribution in [0.15, 0.2) is 12.4 Å². The fourth-order valence-electron chi connectivity index (χ4n) is 2.26. The highest BCUT2D eigenvalue weighted by atomic mass is 16.5. The van der Waals surface area contributed by atoms with E-state index in [0.29, 0.717) is 6.61 Å². The van der Waals surface area contributed by atoms with Crippen molar-refractivity contribution < 1.29 is 4.74 Å². The fraction of sp³-hybridized carbons (Fsp3) is 0.583. The molecule has 0 radical (unpaired) electrons. The Morgan fingerprint density at radius 1 is 1.53 bits per heavy atom. The van der Waals surface area contributed by atoms with E-state index in [-0.39, 0.29) is 6.10 Å². The van der Waals surface area contributed by atoms with Crippen LogP contribution in [0.4, 0.5) is 0 Å². The molecule has 0 aromatic carbocycles. The summed E-state index contributed by atoms with van der Waals surface area (Å²) in [4.78, 5) is 11.0. The Labute approximate surface area is 111 Å². The van der Waals surface area contributed by atoms with Crippen molar-refractivity contribution in [1.29, 1.82) is 0 Å². The molecule has 7 nitrogen and oxygen atoms in total. The maximum atomic E-state index is 5.74. The highest BCUT2D eigenvalue weighted by Crippen LogP contribution is 2.20. The number of ether oxygens (including phenoxy) is 1. The number of morpholine rings is 1. The monoisotopic (exact) mass is 262 g/mol. The van der Waals surface area contributed by atoms with E-state index in [1.165, 1.54) is 0 Å². The molecule has 0 spiro atoms. The third-order valence-corrected chi connectivity index (χ3v) is 3.34. The van der Waals surface area contributed by atoms with Gasteiger partial charge in [0, 0.05) is 32.5 Å². The van der Waals surface area contributed by atoms with Crippen LogP contribution < -0.4 is 0 Å². The van der Waals surface area contributed by atoms with E-state index >= 15 is 0 Å². The van der Waals surface area contributed by atoms with Gasteiger partial charge in [-0.3, -0.25) is 10.00 Å². The van der Waals surface area contributed by atoms with Crippen LogP contribution in [-0.4, -0.2) is 49.3 Å². The average molecular weight is 262 g/mol. The number of aryl methyl sites for hydroxylation is 2. The molecular formula is C12H18N6O. The van der Waals surface area contributed by atoms with Gasteiger partial charge in [0.2, 0.25) is 0 Å². The smallest absolute Gasteiger partial charge is 0.180 e. The van der Waals surface area contributed by atoms with Gasteiger partial charge in [0.1, 0.15) is 17.8 Å². The fourth-order valence-corrected chi connectivity index (χ4v) is 2.26. The summed E-state index contributed by atoms with van der Waals surface area (Å²) < 4.78 is 7.79. The zero-order valence-electron chi connectivity index (χ0n) is 11.2. The molecule has 2 aromatic rings. The molecule has 1 aliphatic heterocycles. The first-order chi connectivity index (χ1) is 9.22. The van der Waals surface area contributed by atoms with Gasteiger partial charge in [-0.2, -0.15) is 5.10 Å². The Balaban J connectivity index is 1.66. The van der Waals surface area contributed by atoms with Crippen LogP contribution in [0.2, 0.25) is 0 Å². The summed E-state index contributed by atoms with van der Waals surface area (Å²) in [6, 6.07) is 0. The largest absolute Gasteiger partial charge is 0.367 e. The van der Waals surface area contributed by atoms with Crippen molar-refractivity contribution in [2.24, 2.45) is 7.05 Å². The molecule has 1 N–H and O–H groups in total. The van der Waals surface area contributed by atoms with Gasteiger partial charge < -0.3 is 9.30 Å². The lowest BCUT2D eigenvalue weighted by molar-refractivity contribution is -0.0380.